The summed E-state index contributed by atoms with van der Waals surface area (Å²) in [7, 11) is 1.65. The molecule has 0 fully saturated rings. The van der Waals surface area contributed by atoms with Gasteiger partial charge in [0.1, 0.15) is 6.61 Å². The van der Waals surface area contributed by atoms with Crippen LogP contribution in [0.25, 0.3) is 0 Å². The topological polar surface area (TPSA) is 49.2 Å². The Morgan fingerprint density at radius 1 is 0.963 bits per heavy atom. The van der Waals surface area contributed by atoms with E-state index in [1.165, 1.54) is 11.1 Å². The molecular formula is C21H25N3O2S. The summed E-state index contributed by atoms with van der Waals surface area (Å²) in [6, 6.07) is 14.5. The van der Waals surface area contributed by atoms with Crippen molar-refractivity contribution in [2.24, 2.45) is 0 Å². The van der Waals surface area contributed by atoms with Crippen molar-refractivity contribution in [2.45, 2.75) is 44.8 Å². The van der Waals surface area contributed by atoms with Crippen molar-refractivity contribution in [3.63, 3.8) is 0 Å². The summed E-state index contributed by atoms with van der Waals surface area (Å²) in [6.45, 7) is 7.37. The normalized spacial score (nSPS) is 10.8. The first-order chi connectivity index (χ1) is 13.1. The van der Waals surface area contributed by atoms with Crippen molar-refractivity contribution in [2.75, 3.05) is 7.11 Å². The van der Waals surface area contributed by atoms with Gasteiger partial charge in [-0.2, -0.15) is 0 Å². The number of thioether (sulfide) groups is 1. The van der Waals surface area contributed by atoms with E-state index in [2.05, 4.69) is 52.9 Å². The number of nitrogens with zero attached hydrogens (tertiary/aromatic N) is 3. The second kappa shape index (κ2) is 8.95. The summed E-state index contributed by atoms with van der Waals surface area (Å²) in [5, 5.41) is 9.59. The zero-order chi connectivity index (χ0) is 19.2. The third-order valence-corrected chi connectivity index (χ3v) is 5.31. The lowest BCUT2D eigenvalue weighted by Gasteiger charge is -2.12. The highest BCUT2D eigenvalue weighted by Crippen LogP contribution is 2.29. The molecule has 0 saturated heterocycles. The van der Waals surface area contributed by atoms with Crippen molar-refractivity contribution in [3.8, 4) is 11.5 Å². The number of hydrogen-bond acceptors (Lipinski definition) is 5. The van der Waals surface area contributed by atoms with Crippen molar-refractivity contribution in [1.29, 1.82) is 0 Å². The smallest absolute Gasteiger partial charge is 0.191 e. The Hall–Kier alpha value is -2.47. The van der Waals surface area contributed by atoms with E-state index in [0.29, 0.717) is 12.4 Å². The lowest BCUT2D eigenvalue weighted by atomic mass is 10.2. The zero-order valence-corrected chi connectivity index (χ0v) is 17.0. The second-order valence-corrected chi connectivity index (χ2v) is 7.30. The van der Waals surface area contributed by atoms with Gasteiger partial charge >= 0.3 is 0 Å². The Bertz CT molecular complexity index is 891. The van der Waals surface area contributed by atoms with Gasteiger partial charge in [-0.25, -0.2) is 0 Å². The van der Waals surface area contributed by atoms with E-state index in [4.69, 9.17) is 9.47 Å². The predicted molar refractivity (Wildman–Crippen MR) is 108 cm³/mol. The molecule has 0 aliphatic heterocycles. The van der Waals surface area contributed by atoms with Crippen LogP contribution in [0.15, 0.2) is 47.6 Å². The van der Waals surface area contributed by atoms with Crippen LogP contribution in [0.4, 0.5) is 0 Å². The molecule has 0 aliphatic rings. The molecule has 0 atom stereocenters. The maximum atomic E-state index is 5.94. The van der Waals surface area contributed by atoms with Crippen molar-refractivity contribution >= 4 is 11.8 Å². The van der Waals surface area contributed by atoms with E-state index in [9.17, 15) is 0 Å². The van der Waals surface area contributed by atoms with Crippen LogP contribution in [0.3, 0.4) is 0 Å². The Kier molecular flexibility index (Phi) is 6.40. The Morgan fingerprint density at radius 2 is 1.70 bits per heavy atom. The van der Waals surface area contributed by atoms with Crippen LogP contribution in [0.1, 0.15) is 29.4 Å². The molecule has 0 N–H and O–H groups in total. The van der Waals surface area contributed by atoms with Crippen molar-refractivity contribution in [3.05, 3.63) is 65.0 Å². The van der Waals surface area contributed by atoms with Gasteiger partial charge in [-0.15, -0.1) is 10.2 Å². The predicted octanol–water partition coefficient (Wildman–Crippen LogP) is 4.79. The van der Waals surface area contributed by atoms with Gasteiger partial charge < -0.3 is 14.0 Å². The number of benzene rings is 2. The van der Waals surface area contributed by atoms with E-state index in [-0.39, 0.29) is 0 Å². The largest absolute Gasteiger partial charge is 0.493 e. The van der Waals surface area contributed by atoms with Gasteiger partial charge in [-0.3, -0.25) is 0 Å². The van der Waals surface area contributed by atoms with Gasteiger partial charge in [0.05, 0.1) is 7.11 Å². The summed E-state index contributed by atoms with van der Waals surface area (Å²) in [5.74, 6) is 3.12. The van der Waals surface area contributed by atoms with Gasteiger partial charge in [0.15, 0.2) is 22.5 Å². The molecule has 2 aromatic carbocycles. The summed E-state index contributed by atoms with van der Waals surface area (Å²) in [6.07, 6.45) is 0. The molecule has 0 bridgehead atoms. The van der Waals surface area contributed by atoms with Crippen LogP contribution in [-0.4, -0.2) is 21.9 Å². The van der Waals surface area contributed by atoms with E-state index in [1.54, 1.807) is 18.9 Å². The van der Waals surface area contributed by atoms with Crippen LogP contribution in [-0.2, 0) is 18.9 Å². The lowest BCUT2D eigenvalue weighted by molar-refractivity contribution is 0.270. The van der Waals surface area contributed by atoms with E-state index < -0.39 is 0 Å². The van der Waals surface area contributed by atoms with Crippen LogP contribution in [0, 0.1) is 13.8 Å². The highest BCUT2D eigenvalue weighted by Gasteiger charge is 2.13. The SMILES string of the molecule is CCn1c(COc2ccc(C)cc2OC)nnc1SCc1ccc(C)cc1. The van der Waals surface area contributed by atoms with Crippen LogP contribution in [0.5, 0.6) is 11.5 Å². The molecule has 1 aromatic heterocycles. The van der Waals surface area contributed by atoms with E-state index >= 15 is 0 Å². The van der Waals surface area contributed by atoms with Gasteiger partial charge in [0, 0.05) is 12.3 Å². The number of rotatable bonds is 8. The fourth-order valence-electron chi connectivity index (χ4n) is 2.72. The van der Waals surface area contributed by atoms with Crippen LogP contribution >= 0.6 is 11.8 Å². The molecule has 142 valence electrons. The standard InChI is InChI=1S/C21H25N3O2S/c1-5-24-20(13-26-18-11-8-16(3)12-19(18)25-4)22-23-21(24)27-14-17-9-6-15(2)7-10-17/h6-12H,5,13-14H2,1-4H3. The molecule has 1 heterocycles. The maximum Gasteiger partial charge on any atom is 0.191 e. The molecule has 0 unspecified atom stereocenters. The third-order valence-electron chi connectivity index (χ3n) is 4.27. The monoisotopic (exact) mass is 383 g/mol. The first-order valence-corrected chi connectivity index (χ1v) is 9.97. The molecule has 0 saturated carbocycles. The van der Waals surface area contributed by atoms with Crippen LogP contribution < -0.4 is 9.47 Å². The van der Waals surface area contributed by atoms with Gasteiger partial charge in [0.2, 0.25) is 0 Å². The number of methoxy groups -OCH3 is 1. The molecule has 0 aliphatic carbocycles. The highest BCUT2D eigenvalue weighted by atomic mass is 32.2. The minimum atomic E-state index is 0.353. The first-order valence-electron chi connectivity index (χ1n) is 8.98. The lowest BCUT2D eigenvalue weighted by Crippen LogP contribution is -2.07. The van der Waals surface area contributed by atoms with E-state index in [1.807, 2.05) is 25.1 Å². The summed E-state index contributed by atoms with van der Waals surface area (Å²) < 4.78 is 13.4. The Labute approximate surface area is 164 Å². The highest BCUT2D eigenvalue weighted by molar-refractivity contribution is 7.98. The summed E-state index contributed by atoms with van der Waals surface area (Å²) in [5.41, 5.74) is 3.68. The van der Waals surface area contributed by atoms with Gasteiger partial charge in [-0.1, -0.05) is 47.7 Å². The summed E-state index contributed by atoms with van der Waals surface area (Å²) in [4.78, 5) is 0. The maximum absolute atomic E-state index is 5.94. The van der Waals surface area contributed by atoms with Gasteiger partial charge in [0.25, 0.3) is 0 Å². The van der Waals surface area contributed by atoms with Crippen molar-refractivity contribution < 1.29 is 9.47 Å². The molecular weight excluding hydrogens is 358 g/mol. The molecule has 0 radical (unpaired) electrons. The fraction of sp³-hybridized carbons (Fsp3) is 0.333. The molecule has 6 heteroatoms. The molecule has 0 spiro atoms. The molecule has 27 heavy (non-hydrogen) atoms. The molecule has 3 rings (SSSR count). The zero-order valence-electron chi connectivity index (χ0n) is 16.2. The number of ether oxygens (including phenoxy) is 2. The first kappa shape index (κ1) is 19.3. The quantitative estimate of drug-likeness (QED) is 0.523. The fourth-order valence-corrected chi connectivity index (χ4v) is 3.70. The number of hydrogen-bond donors (Lipinski definition) is 0. The summed E-state index contributed by atoms with van der Waals surface area (Å²) >= 11 is 1.69. The van der Waals surface area contributed by atoms with E-state index in [0.717, 1.165) is 34.6 Å². The Morgan fingerprint density at radius 3 is 2.41 bits per heavy atom. The minimum absolute atomic E-state index is 0.353. The molecule has 0 amide bonds. The average Bonchev–Trinajstić information content (AvgIpc) is 3.08. The number of aryl methyl sites for hydroxylation is 2. The molecule has 5 nitrogen and oxygen atoms in total. The second-order valence-electron chi connectivity index (χ2n) is 6.36. The number of aromatic nitrogens is 3. The Balaban J connectivity index is 1.67. The van der Waals surface area contributed by atoms with Crippen LogP contribution in [0.2, 0.25) is 0 Å². The minimum Gasteiger partial charge on any atom is -0.493 e. The van der Waals surface area contributed by atoms with Gasteiger partial charge in [-0.05, 0) is 44.0 Å². The molecule has 3 aromatic rings. The average molecular weight is 384 g/mol. The third kappa shape index (κ3) is 4.83. The van der Waals surface area contributed by atoms with Crippen molar-refractivity contribution in [1.82, 2.24) is 14.8 Å².